The van der Waals surface area contributed by atoms with Gasteiger partial charge in [0.15, 0.2) is 0 Å². The molecular formula is C30H35N3O4. The molecule has 1 aliphatic carbocycles. The molecule has 1 unspecified atom stereocenters. The normalized spacial score (nSPS) is 26.5. The first-order chi connectivity index (χ1) is 18.0. The molecule has 1 saturated carbocycles. The van der Waals surface area contributed by atoms with Crippen molar-refractivity contribution in [1.82, 2.24) is 15.1 Å². The van der Waals surface area contributed by atoms with Gasteiger partial charge in [-0.05, 0) is 61.4 Å². The van der Waals surface area contributed by atoms with E-state index < -0.39 is 6.04 Å². The summed E-state index contributed by atoms with van der Waals surface area (Å²) >= 11 is 0. The third-order valence-corrected chi connectivity index (χ3v) is 8.24. The van der Waals surface area contributed by atoms with Crippen molar-refractivity contribution in [3.05, 3.63) is 77.5 Å². The third-order valence-electron chi connectivity index (χ3n) is 8.24. The highest BCUT2D eigenvalue weighted by atomic mass is 16.5. The molecule has 0 radical (unpaired) electrons. The molecule has 0 spiro atoms. The van der Waals surface area contributed by atoms with Crippen LogP contribution in [0.25, 0.3) is 0 Å². The van der Waals surface area contributed by atoms with Crippen LogP contribution in [0.15, 0.2) is 60.8 Å². The second kappa shape index (κ2) is 10.3. The van der Waals surface area contributed by atoms with E-state index in [0.29, 0.717) is 37.6 Å². The van der Waals surface area contributed by atoms with E-state index in [9.17, 15) is 9.59 Å². The van der Waals surface area contributed by atoms with Crippen molar-refractivity contribution in [2.45, 2.75) is 76.0 Å². The lowest BCUT2D eigenvalue weighted by atomic mass is 9.89. The van der Waals surface area contributed by atoms with Crippen LogP contribution in [0.5, 0.6) is 5.75 Å². The van der Waals surface area contributed by atoms with Gasteiger partial charge in [0.2, 0.25) is 5.91 Å². The van der Waals surface area contributed by atoms with Crippen LogP contribution >= 0.6 is 0 Å². The van der Waals surface area contributed by atoms with Crippen molar-refractivity contribution in [2.24, 2.45) is 0 Å². The molecule has 0 bridgehead atoms. The lowest BCUT2D eigenvalue weighted by Crippen LogP contribution is -2.61. The largest absolute Gasteiger partial charge is 0.489 e. The SMILES string of the molecule is C=C1CCC(N2Cc3cc(O[C@H]4CCCC[C@@H]4N4CC(OCc5ccccc5)C4)ccc3C2=O)C(=O)N1. The van der Waals surface area contributed by atoms with Gasteiger partial charge in [-0.3, -0.25) is 14.5 Å². The summed E-state index contributed by atoms with van der Waals surface area (Å²) in [7, 11) is 0. The predicted octanol–water partition coefficient (Wildman–Crippen LogP) is 4.03. The van der Waals surface area contributed by atoms with E-state index in [2.05, 4.69) is 28.9 Å². The molecule has 2 saturated heterocycles. The van der Waals surface area contributed by atoms with Crippen LogP contribution in [0, 0.1) is 0 Å². The summed E-state index contributed by atoms with van der Waals surface area (Å²) in [4.78, 5) is 29.7. The number of ether oxygens (including phenoxy) is 2. The maximum Gasteiger partial charge on any atom is 0.255 e. The van der Waals surface area contributed by atoms with Crippen LogP contribution in [-0.4, -0.2) is 59.0 Å². The third kappa shape index (κ3) is 5.03. The molecule has 0 aromatic heterocycles. The van der Waals surface area contributed by atoms with Gasteiger partial charge in [0, 0.05) is 36.9 Å². The summed E-state index contributed by atoms with van der Waals surface area (Å²) in [5, 5.41) is 2.80. The summed E-state index contributed by atoms with van der Waals surface area (Å²) in [6.07, 6.45) is 6.27. The van der Waals surface area contributed by atoms with Crippen LogP contribution in [0.1, 0.15) is 60.0 Å². The van der Waals surface area contributed by atoms with Gasteiger partial charge in [0.05, 0.1) is 12.7 Å². The molecule has 3 aliphatic heterocycles. The molecule has 6 rings (SSSR count). The average molecular weight is 502 g/mol. The van der Waals surface area contributed by atoms with Crippen molar-refractivity contribution < 1.29 is 19.1 Å². The Morgan fingerprint density at radius 1 is 1.00 bits per heavy atom. The highest BCUT2D eigenvalue weighted by Crippen LogP contribution is 2.34. The molecule has 194 valence electrons. The summed E-state index contributed by atoms with van der Waals surface area (Å²) in [5.74, 6) is 0.593. The number of allylic oxidation sites excluding steroid dienone is 1. The number of fused-ring (bicyclic) bond motifs is 1. The number of piperidine rings is 1. The Labute approximate surface area is 218 Å². The van der Waals surface area contributed by atoms with E-state index in [1.807, 2.05) is 36.4 Å². The standard InChI is InChI=1S/C30H35N3O4/c1-20-11-14-27(29(34)31-20)33-16-22-15-23(12-13-25(22)30(33)35)37-28-10-6-5-9-26(28)32-17-24(18-32)36-19-21-7-3-2-4-8-21/h2-4,7-8,12-13,15,24,26-28H,1,5-6,9-11,14,16-19H2,(H,31,34)/t26-,27?,28-/m0/s1. The van der Waals surface area contributed by atoms with Crippen molar-refractivity contribution in [3.63, 3.8) is 0 Å². The number of hydrogen-bond acceptors (Lipinski definition) is 5. The first-order valence-electron chi connectivity index (χ1n) is 13.5. The van der Waals surface area contributed by atoms with Crippen LogP contribution in [0.3, 0.4) is 0 Å². The topological polar surface area (TPSA) is 71.1 Å². The molecule has 4 aliphatic rings. The predicted molar refractivity (Wildman–Crippen MR) is 140 cm³/mol. The molecule has 2 amide bonds. The molecule has 2 aromatic carbocycles. The quantitative estimate of drug-likeness (QED) is 0.621. The molecule has 7 heteroatoms. The van der Waals surface area contributed by atoms with Gasteiger partial charge >= 0.3 is 0 Å². The fourth-order valence-corrected chi connectivity index (χ4v) is 6.15. The molecule has 37 heavy (non-hydrogen) atoms. The number of hydrogen-bond donors (Lipinski definition) is 1. The maximum atomic E-state index is 13.1. The van der Waals surface area contributed by atoms with Crippen LogP contribution < -0.4 is 10.1 Å². The minimum atomic E-state index is -0.444. The number of nitrogens with one attached hydrogen (secondary N) is 1. The molecule has 7 nitrogen and oxygen atoms in total. The van der Waals surface area contributed by atoms with Gasteiger partial charge in [-0.15, -0.1) is 0 Å². The monoisotopic (exact) mass is 501 g/mol. The van der Waals surface area contributed by atoms with E-state index in [-0.39, 0.29) is 24.0 Å². The van der Waals surface area contributed by atoms with Crippen molar-refractivity contribution in [3.8, 4) is 5.75 Å². The molecule has 1 N–H and O–H groups in total. The highest BCUT2D eigenvalue weighted by Gasteiger charge is 2.40. The summed E-state index contributed by atoms with van der Waals surface area (Å²) in [6.45, 7) is 6.83. The fraction of sp³-hybridized carbons (Fsp3) is 0.467. The number of amides is 2. The number of benzene rings is 2. The molecule has 3 heterocycles. The minimum Gasteiger partial charge on any atom is -0.489 e. The Balaban J connectivity index is 1.06. The highest BCUT2D eigenvalue weighted by molar-refractivity contribution is 6.01. The van der Waals surface area contributed by atoms with Gasteiger partial charge in [-0.25, -0.2) is 0 Å². The van der Waals surface area contributed by atoms with Gasteiger partial charge in [0.25, 0.3) is 5.91 Å². The first kappa shape index (κ1) is 24.2. The van der Waals surface area contributed by atoms with Gasteiger partial charge in [0.1, 0.15) is 17.9 Å². The number of nitrogens with zero attached hydrogens (tertiary/aromatic N) is 2. The van der Waals surface area contributed by atoms with Gasteiger partial charge < -0.3 is 19.7 Å². The Morgan fingerprint density at radius 3 is 2.62 bits per heavy atom. The lowest BCUT2D eigenvalue weighted by Gasteiger charge is -2.48. The second-order valence-corrected chi connectivity index (χ2v) is 10.8. The van der Waals surface area contributed by atoms with Crippen LogP contribution in [0.2, 0.25) is 0 Å². The van der Waals surface area contributed by atoms with Crippen LogP contribution in [0.4, 0.5) is 0 Å². The maximum absolute atomic E-state index is 13.1. The zero-order valence-corrected chi connectivity index (χ0v) is 21.2. The average Bonchev–Trinajstić information content (AvgIpc) is 3.20. The van der Waals surface area contributed by atoms with Gasteiger partial charge in [-0.1, -0.05) is 43.3 Å². The summed E-state index contributed by atoms with van der Waals surface area (Å²) < 4.78 is 12.7. The van der Waals surface area contributed by atoms with E-state index in [1.165, 1.54) is 18.4 Å². The second-order valence-electron chi connectivity index (χ2n) is 10.8. The van der Waals surface area contributed by atoms with Crippen molar-refractivity contribution in [1.29, 1.82) is 0 Å². The van der Waals surface area contributed by atoms with Crippen molar-refractivity contribution >= 4 is 11.8 Å². The van der Waals surface area contributed by atoms with Crippen LogP contribution in [-0.2, 0) is 22.7 Å². The van der Waals surface area contributed by atoms with E-state index >= 15 is 0 Å². The van der Waals surface area contributed by atoms with E-state index in [0.717, 1.165) is 42.9 Å². The Bertz CT molecular complexity index is 1180. The smallest absolute Gasteiger partial charge is 0.255 e. The van der Waals surface area contributed by atoms with E-state index in [4.69, 9.17) is 9.47 Å². The molecule has 3 atom stereocenters. The number of carbonyl (C=O) groups excluding carboxylic acids is 2. The summed E-state index contributed by atoms with van der Waals surface area (Å²) in [6, 6.07) is 16.0. The van der Waals surface area contributed by atoms with Crippen molar-refractivity contribution in [2.75, 3.05) is 13.1 Å². The summed E-state index contributed by atoms with van der Waals surface area (Å²) in [5.41, 5.74) is 3.54. The molecule has 3 fully saturated rings. The Hall–Kier alpha value is -3.16. The first-order valence-corrected chi connectivity index (χ1v) is 13.5. The minimum absolute atomic E-state index is 0.0770. The fourth-order valence-electron chi connectivity index (χ4n) is 6.15. The Kier molecular flexibility index (Phi) is 6.74. The lowest BCUT2D eigenvalue weighted by molar-refractivity contribution is -0.126. The number of likely N-dealkylation sites (tertiary alicyclic amines) is 1. The number of rotatable bonds is 7. The molecular weight excluding hydrogens is 466 g/mol. The zero-order chi connectivity index (χ0) is 25.4. The van der Waals surface area contributed by atoms with Gasteiger partial charge in [-0.2, -0.15) is 0 Å². The van der Waals surface area contributed by atoms with E-state index in [1.54, 1.807) is 4.90 Å². The Morgan fingerprint density at radius 2 is 1.81 bits per heavy atom. The number of carbonyl (C=O) groups is 2. The molecule has 2 aromatic rings. The zero-order valence-electron chi connectivity index (χ0n) is 21.2.